The predicted octanol–water partition coefficient (Wildman–Crippen LogP) is 3.21. The number of carbonyl (C=O) groups is 3. The third-order valence-corrected chi connectivity index (χ3v) is 4.42. The van der Waals surface area contributed by atoms with Gasteiger partial charge in [-0.3, -0.25) is 14.4 Å². The first-order chi connectivity index (χ1) is 13.9. The number of rotatable bonds is 10. The number of ether oxygens (including phenoxy) is 1. The second-order valence-electron chi connectivity index (χ2n) is 6.87. The fourth-order valence-corrected chi connectivity index (χ4v) is 2.93. The summed E-state index contributed by atoms with van der Waals surface area (Å²) in [6.45, 7) is 3.74. The second kappa shape index (κ2) is 11.6. The summed E-state index contributed by atoms with van der Waals surface area (Å²) in [5, 5.41) is 2.86. The first-order valence-corrected chi connectivity index (χ1v) is 9.75. The van der Waals surface area contributed by atoms with Crippen molar-refractivity contribution in [1.82, 2.24) is 4.90 Å². The zero-order valence-electron chi connectivity index (χ0n) is 17.0. The van der Waals surface area contributed by atoms with Gasteiger partial charge in [0.15, 0.2) is 0 Å². The third kappa shape index (κ3) is 8.60. The molecule has 2 aromatic rings. The minimum Gasteiger partial charge on any atom is -0.466 e. The summed E-state index contributed by atoms with van der Waals surface area (Å²) in [7, 11) is 0. The Kier molecular flexibility index (Phi) is 8.89. The number of carbonyl (C=O) groups excluding carboxylic acids is 3. The van der Waals surface area contributed by atoms with Gasteiger partial charge in [0.25, 0.3) is 0 Å². The number of anilines is 1. The van der Waals surface area contributed by atoms with E-state index in [2.05, 4.69) is 5.32 Å². The standard InChI is InChI=1S/C23H28N2O4/c1-18(26)25(14-13-20-8-4-3-5-9-20)17-23(28)24-22-12-6-10-21(16-22)11-7-15-29-19(2)27/h3-6,8-10,12,16H,7,11,13-15,17H2,1-2H3,(H,24,28). The summed E-state index contributed by atoms with van der Waals surface area (Å²) in [4.78, 5) is 36.7. The van der Waals surface area contributed by atoms with Crippen molar-refractivity contribution in [3.05, 3.63) is 65.7 Å². The number of hydrogen-bond donors (Lipinski definition) is 1. The lowest BCUT2D eigenvalue weighted by molar-refractivity contribution is -0.141. The van der Waals surface area contributed by atoms with Crippen molar-refractivity contribution in [2.24, 2.45) is 0 Å². The van der Waals surface area contributed by atoms with Crippen molar-refractivity contribution in [1.29, 1.82) is 0 Å². The maximum Gasteiger partial charge on any atom is 0.302 e. The van der Waals surface area contributed by atoms with Gasteiger partial charge in [0.05, 0.1) is 13.2 Å². The van der Waals surface area contributed by atoms with E-state index in [0.29, 0.717) is 31.7 Å². The van der Waals surface area contributed by atoms with Gasteiger partial charge in [-0.05, 0) is 42.5 Å². The molecule has 2 aromatic carbocycles. The van der Waals surface area contributed by atoms with Gasteiger partial charge in [-0.25, -0.2) is 0 Å². The summed E-state index contributed by atoms with van der Waals surface area (Å²) >= 11 is 0. The van der Waals surface area contributed by atoms with Gasteiger partial charge in [0.2, 0.25) is 11.8 Å². The molecule has 2 rings (SSSR count). The highest BCUT2D eigenvalue weighted by Crippen LogP contribution is 2.13. The maximum absolute atomic E-state index is 12.4. The summed E-state index contributed by atoms with van der Waals surface area (Å²) in [6.07, 6.45) is 2.16. The van der Waals surface area contributed by atoms with Crippen molar-refractivity contribution in [2.75, 3.05) is 25.0 Å². The second-order valence-corrected chi connectivity index (χ2v) is 6.87. The lowest BCUT2D eigenvalue weighted by Gasteiger charge is -2.20. The van der Waals surface area contributed by atoms with Gasteiger partial charge in [0, 0.05) is 26.1 Å². The van der Waals surface area contributed by atoms with Crippen LogP contribution in [0.4, 0.5) is 5.69 Å². The highest BCUT2D eigenvalue weighted by molar-refractivity contribution is 5.94. The number of nitrogens with one attached hydrogen (secondary N) is 1. The van der Waals surface area contributed by atoms with Gasteiger partial charge >= 0.3 is 5.97 Å². The molecule has 0 atom stereocenters. The fourth-order valence-electron chi connectivity index (χ4n) is 2.93. The summed E-state index contributed by atoms with van der Waals surface area (Å²) < 4.78 is 4.93. The quantitative estimate of drug-likeness (QED) is 0.494. The van der Waals surface area contributed by atoms with Crippen LogP contribution >= 0.6 is 0 Å². The Hall–Kier alpha value is -3.15. The van der Waals surface area contributed by atoms with Crippen molar-refractivity contribution in [2.45, 2.75) is 33.1 Å². The molecule has 0 heterocycles. The molecule has 0 aliphatic rings. The van der Waals surface area contributed by atoms with Gasteiger partial charge in [-0.1, -0.05) is 42.5 Å². The molecule has 0 unspecified atom stereocenters. The number of amides is 2. The zero-order chi connectivity index (χ0) is 21.1. The van der Waals surface area contributed by atoms with Gasteiger partial charge in [0.1, 0.15) is 0 Å². The number of benzene rings is 2. The molecule has 6 heteroatoms. The number of hydrogen-bond acceptors (Lipinski definition) is 4. The molecule has 0 aliphatic carbocycles. The van der Waals surface area contributed by atoms with Crippen LogP contribution in [0, 0.1) is 0 Å². The van der Waals surface area contributed by atoms with E-state index in [1.807, 2.05) is 54.6 Å². The largest absolute Gasteiger partial charge is 0.466 e. The van der Waals surface area contributed by atoms with Crippen molar-refractivity contribution in [3.63, 3.8) is 0 Å². The molecular formula is C23H28N2O4. The third-order valence-electron chi connectivity index (χ3n) is 4.42. The minimum atomic E-state index is -0.284. The highest BCUT2D eigenvalue weighted by atomic mass is 16.5. The van der Waals surface area contributed by atoms with E-state index in [0.717, 1.165) is 17.5 Å². The van der Waals surface area contributed by atoms with Crippen LogP contribution in [0.3, 0.4) is 0 Å². The van der Waals surface area contributed by atoms with E-state index >= 15 is 0 Å². The molecule has 0 radical (unpaired) electrons. The maximum atomic E-state index is 12.4. The Bertz CT molecular complexity index is 821. The Morgan fingerprint density at radius 3 is 2.34 bits per heavy atom. The molecule has 0 saturated heterocycles. The summed E-state index contributed by atoms with van der Waals surface area (Å²) in [5.41, 5.74) is 2.86. The van der Waals surface area contributed by atoms with Gasteiger partial charge in [-0.15, -0.1) is 0 Å². The van der Waals surface area contributed by atoms with Gasteiger partial charge < -0.3 is 15.0 Å². The van der Waals surface area contributed by atoms with E-state index in [4.69, 9.17) is 4.74 Å². The average molecular weight is 396 g/mol. The fraction of sp³-hybridized carbons (Fsp3) is 0.348. The van der Waals surface area contributed by atoms with Crippen LogP contribution in [0.1, 0.15) is 31.4 Å². The summed E-state index contributed by atoms with van der Waals surface area (Å²) in [5.74, 6) is -0.645. The van der Waals surface area contributed by atoms with Crippen LogP contribution in [0.5, 0.6) is 0 Å². The van der Waals surface area contributed by atoms with Crippen LogP contribution in [-0.2, 0) is 32.0 Å². The summed E-state index contributed by atoms with van der Waals surface area (Å²) in [6, 6.07) is 17.4. The molecule has 6 nitrogen and oxygen atoms in total. The Morgan fingerprint density at radius 1 is 0.931 bits per heavy atom. The monoisotopic (exact) mass is 396 g/mol. The van der Waals surface area contributed by atoms with E-state index < -0.39 is 0 Å². The smallest absolute Gasteiger partial charge is 0.302 e. The first kappa shape index (κ1) is 22.1. The predicted molar refractivity (Wildman–Crippen MR) is 112 cm³/mol. The molecule has 0 saturated carbocycles. The van der Waals surface area contributed by atoms with Crippen LogP contribution in [0.25, 0.3) is 0 Å². The van der Waals surface area contributed by atoms with Crippen molar-refractivity contribution >= 4 is 23.5 Å². The molecule has 0 aromatic heterocycles. The van der Waals surface area contributed by atoms with Crippen LogP contribution in [0.15, 0.2) is 54.6 Å². The highest BCUT2D eigenvalue weighted by Gasteiger charge is 2.14. The molecular weight excluding hydrogens is 368 g/mol. The van der Waals surface area contributed by atoms with E-state index in [1.165, 1.54) is 13.8 Å². The Balaban J connectivity index is 1.85. The molecule has 0 fully saturated rings. The first-order valence-electron chi connectivity index (χ1n) is 9.75. The minimum absolute atomic E-state index is 0.0127. The normalized spacial score (nSPS) is 10.3. The van der Waals surface area contributed by atoms with E-state index in [-0.39, 0.29) is 24.3 Å². The zero-order valence-corrected chi connectivity index (χ0v) is 17.0. The molecule has 1 N–H and O–H groups in total. The topological polar surface area (TPSA) is 75.7 Å². The van der Waals surface area contributed by atoms with E-state index in [9.17, 15) is 14.4 Å². The van der Waals surface area contributed by atoms with E-state index in [1.54, 1.807) is 4.90 Å². The van der Waals surface area contributed by atoms with Crippen molar-refractivity contribution in [3.8, 4) is 0 Å². The number of esters is 1. The number of aryl methyl sites for hydroxylation is 1. The Labute approximate surface area is 171 Å². The lowest BCUT2D eigenvalue weighted by Crippen LogP contribution is -2.38. The number of nitrogens with zero attached hydrogens (tertiary/aromatic N) is 1. The van der Waals surface area contributed by atoms with Crippen LogP contribution in [0.2, 0.25) is 0 Å². The molecule has 0 spiro atoms. The average Bonchev–Trinajstić information content (AvgIpc) is 2.69. The van der Waals surface area contributed by atoms with Crippen LogP contribution in [-0.4, -0.2) is 42.4 Å². The molecule has 154 valence electrons. The molecule has 0 bridgehead atoms. The molecule has 29 heavy (non-hydrogen) atoms. The Morgan fingerprint density at radius 2 is 1.66 bits per heavy atom. The molecule has 0 aliphatic heterocycles. The molecule has 2 amide bonds. The van der Waals surface area contributed by atoms with Gasteiger partial charge in [-0.2, -0.15) is 0 Å². The van der Waals surface area contributed by atoms with Crippen LogP contribution < -0.4 is 5.32 Å². The SMILES string of the molecule is CC(=O)OCCCc1cccc(NC(=O)CN(CCc2ccccc2)C(C)=O)c1. The van der Waals surface area contributed by atoms with Crippen molar-refractivity contribution < 1.29 is 19.1 Å². The lowest BCUT2D eigenvalue weighted by atomic mass is 10.1.